The number of rotatable bonds is 4. The Morgan fingerprint density at radius 1 is 1.15 bits per heavy atom. The number of hydrogen-bond acceptors (Lipinski definition) is 1. The number of halogens is 3. The van der Waals surface area contributed by atoms with Crippen LogP contribution in [0.25, 0.3) is 0 Å². The minimum atomic E-state index is -0.608. The molecule has 0 aliphatic carbocycles. The van der Waals surface area contributed by atoms with Gasteiger partial charge < -0.3 is 5.32 Å². The van der Waals surface area contributed by atoms with Gasteiger partial charge in [0.2, 0.25) is 0 Å². The van der Waals surface area contributed by atoms with Crippen molar-refractivity contribution in [2.45, 2.75) is 12.4 Å². The third kappa shape index (κ3) is 3.50. The van der Waals surface area contributed by atoms with Gasteiger partial charge in [0.05, 0.1) is 10.6 Å². The van der Waals surface area contributed by atoms with Crippen molar-refractivity contribution in [2.75, 3.05) is 0 Å². The van der Waals surface area contributed by atoms with Crippen LogP contribution >= 0.6 is 23.2 Å². The summed E-state index contributed by atoms with van der Waals surface area (Å²) < 4.78 is 13.3. The molecule has 1 N–H and O–H groups in total. The van der Waals surface area contributed by atoms with E-state index in [2.05, 4.69) is 5.32 Å². The van der Waals surface area contributed by atoms with Crippen molar-refractivity contribution in [3.05, 3.63) is 70.0 Å². The second kappa shape index (κ2) is 6.73. The molecular weight excluding hydrogens is 300 g/mol. The molecule has 0 aliphatic heterocycles. The van der Waals surface area contributed by atoms with Gasteiger partial charge in [-0.25, -0.2) is 4.39 Å². The van der Waals surface area contributed by atoms with Crippen LogP contribution in [0.5, 0.6) is 0 Å². The van der Waals surface area contributed by atoms with Gasteiger partial charge in [0.15, 0.2) is 0 Å². The minimum absolute atomic E-state index is 0.125. The molecule has 2 rings (SSSR count). The van der Waals surface area contributed by atoms with Crippen LogP contribution in [0.4, 0.5) is 4.39 Å². The van der Waals surface area contributed by atoms with E-state index in [0.717, 1.165) is 11.1 Å². The summed E-state index contributed by atoms with van der Waals surface area (Å²) in [5.41, 5.74) is 2.02. The fraction of sp³-hybridized carbons (Fsp3) is 0.133. The predicted octanol–water partition coefficient (Wildman–Crippen LogP) is 4.15. The normalized spacial score (nSPS) is 10.3. The maximum Gasteiger partial charge on any atom is 0.253 e. The molecule has 5 heteroatoms. The zero-order valence-corrected chi connectivity index (χ0v) is 12.0. The van der Waals surface area contributed by atoms with E-state index in [4.69, 9.17) is 23.2 Å². The van der Waals surface area contributed by atoms with E-state index >= 15 is 0 Å². The molecule has 0 aromatic heterocycles. The van der Waals surface area contributed by atoms with Gasteiger partial charge in [0, 0.05) is 12.4 Å². The lowest BCUT2D eigenvalue weighted by Gasteiger charge is -2.08. The summed E-state index contributed by atoms with van der Waals surface area (Å²) in [6, 6.07) is 11.7. The molecule has 0 heterocycles. The summed E-state index contributed by atoms with van der Waals surface area (Å²) in [4.78, 5) is 12.0. The predicted molar refractivity (Wildman–Crippen MR) is 78.6 cm³/mol. The first-order chi connectivity index (χ1) is 9.61. The molecule has 1 amide bonds. The maximum absolute atomic E-state index is 13.3. The summed E-state index contributed by atoms with van der Waals surface area (Å²) >= 11 is 11.5. The van der Waals surface area contributed by atoms with Gasteiger partial charge in [-0.05, 0) is 23.3 Å². The van der Waals surface area contributed by atoms with E-state index in [1.54, 1.807) is 0 Å². The first-order valence-electron chi connectivity index (χ1n) is 5.98. The van der Waals surface area contributed by atoms with Crippen LogP contribution in [0.1, 0.15) is 21.5 Å². The fourth-order valence-electron chi connectivity index (χ4n) is 1.78. The standard InChI is InChI=1S/C15H12Cl2FNO/c16-8-10-3-1-4-11(7-10)9-19-15(20)12-5-2-6-13(18)14(12)17/h1-7H,8-9H2,(H,19,20). The lowest BCUT2D eigenvalue weighted by Crippen LogP contribution is -2.23. The molecular formula is C15H12Cl2FNO. The Bertz CT molecular complexity index is 631. The smallest absolute Gasteiger partial charge is 0.253 e. The number of benzene rings is 2. The molecule has 20 heavy (non-hydrogen) atoms. The topological polar surface area (TPSA) is 29.1 Å². The summed E-state index contributed by atoms with van der Waals surface area (Å²) in [6.07, 6.45) is 0. The molecule has 2 aromatic rings. The molecule has 0 saturated carbocycles. The van der Waals surface area contributed by atoms with E-state index in [1.807, 2.05) is 24.3 Å². The van der Waals surface area contributed by atoms with E-state index in [-0.39, 0.29) is 10.6 Å². The number of nitrogens with one attached hydrogen (secondary N) is 1. The first kappa shape index (κ1) is 14.8. The fourth-order valence-corrected chi connectivity index (χ4v) is 2.16. The molecule has 2 aromatic carbocycles. The molecule has 0 aliphatic rings. The Morgan fingerprint density at radius 3 is 2.60 bits per heavy atom. The third-order valence-corrected chi connectivity index (χ3v) is 3.49. The van der Waals surface area contributed by atoms with Crippen molar-refractivity contribution in [1.29, 1.82) is 0 Å². The average Bonchev–Trinajstić information content (AvgIpc) is 2.48. The van der Waals surface area contributed by atoms with E-state index < -0.39 is 11.7 Å². The highest BCUT2D eigenvalue weighted by Crippen LogP contribution is 2.19. The van der Waals surface area contributed by atoms with Crippen LogP contribution < -0.4 is 5.32 Å². The zero-order chi connectivity index (χ0) is 14.5. The molecule has 0 radical (unpaired) electrons. The molecule has 2 nitrogen and oxygen atoms in total. The molecule has 0 spiro atoms. The van der Waals surface area contributed by atoms with E-state index in [9.17, 15) is 9.18 Å². The number of amides is 1. The molecule has 104 valence electrons. The van der Waals surface area contributed by atoms with Crippen molar-refractivity contribution in [2.24, 2.45) is 0 Å². The maximum atomic E-state index is 13.3. The van der Waals surface area contributed by atoms with Crippen molar-refractivity contribution in [3.8, 4) is 0 Å². The van der Waals surface area contributed by atoms with Gasteiger partial charge in [0.25, 0.3) is 5.91 Å². The van der Waals surface area contributed by atoms with Gasteiger partial charge in [-0.1, -0.05) is 41.9 Å². The van der Waals surface area contributed by atoms with Crippen molar-refractivity contribution >= 4 is 29.1 Å². The molecule has 0 fully saturated rings. The van der Waals surface area contributed by atoms with Crippen LogP contribution in [0.3, 0.4) is 0 Å². The Kier molecular flexibility index (Phi) is 4.99. The Balaban J connectivity index is 2.06. The van der Waals surface area contributed by atoms with E-state index in [1.165, 1.54) is 18.2 Å². The number of carbonyl (C=O) groups is 1. The van der Waals surface area contributed by atoms with Gasteiger partial charge in [-0.15, -0.1) is 11.6 Å². The highest BCUT2D eigenvalue weighted by molar-refractivity contribution is 6.34. The molecule has 0 unspecified atom stereocenters. The number of alkyl halides is 1. The van der Waals surface area contributed by atoms with Gasteiger partial charge in [0.1, 0.15) is 5.82 Å². The number of hydrogen-bond donors (Lipinski definition) is 1. The Morgan fingerprint density at radius 2 is 1.85 bits per heavy atom. The minimum Gasteiger partial charge on any atom is -0.348 e. The highest BCUT2D eigenvalue weighted by Gasteiger charge is 2.12. The monoisotopic (exact) mass is 311 g/mol. The SMILES string of the molecule is O=C(NCc1cccc(CCl)c1)c1cccc(F)c1Cl. The first-order valence-corrected chi connectivity index (χ1v) is 6.89. The van der Waals surface area contributed by atoms with Gasteiger partial charge >= 0.3 is 0 Å². The average molecular weight is 312 g/mol. The van der Waals surface area contributed by atoms with Crippen molar-refractivity contribution in [3.63, 3.8) is 0 Å². The van der Waals surface area contributed by atoms with E-state index in [0.29, 0.717) is 12.4 Å². The zero-order valence-electron chi connectivity index (χ0n) is 10.5. The second-order valence-corrected chi connectivity index (χ2v) is 4.88. The quantitative estimate of drug-likeness (QED) is 0.844. The Hall–Kier alpha value is -1.58. The summed E-state index contributed by atoms with van der Waals surface area (Å²) in [5.74, 6) is -0.605. The van der Waals surface area contributed by atoms with Crippen LogP contribution in [0, 0.1) is 5.82 Å². The lowest BCUT2D eigenvalue weighted by molar-refractivity contribution is 0.0950. The molecule has 0 atom stereocenters. The van der Waals surface area contributed by atoms with Crippen LogP contribution in [0.15, 0.2) is 42.5 Å². The third-order valence-electron chi connectivity index (χ3n) is 2.79. The van der Waals surface area contributed by atoms with Crippen LogP contribution in [-0.2, 0) is 12.4 Å². The highest BCUT2D eigenvalue weighted by atomic mass is 35.5. The molecule has 0 bridgehead atoms. The lowest BCUT2D eigenvalue weighted by atomic mass is 10.1. The summed E-state index contributed by atoms with van der Waals surface area (Å²) in [5, 5.41) is 2.53. The molecule has 0 saturated heterocycles. The second-order valence-electron chi connectivity index (χ2n) is 4.24. The largest absolute Gasteiger partial charge is 0.348 e. The van der Waals surface area contributed by atoms with Gasteiger partial charge in [-0.2, -0.15) is 0 Å². The van der Waals surface area contributed by atoms with Crippen molar-refractivity contribution < 1.29 is 9.18 Å². The van der Waals surface area contributed by atoms with Crippen molar-refractivity contribution in [1.82, 2.24) is 5.32 Å². The van der Waals surface area contributed by atoms with Crippen LogP contribution in [-0.4, -0.2) is 5.91 Å². The van der Waals surface area contributed by atoms with Crippen LogP contribution in [0.2, 0.25) is 5.02 Å². The summed E-state index contributed by atoms with van der Waals surface area (Å²) in [6.45, 7) is 0.330. The number of carbonyl (C=O) groups excluding carboxylic acids is 1. The summed E-state index contributed by atoms with van der Waals surface area (Å²) in [7, 11) is 0. The van der Waals surface area contributed by atoms with Gasteiger partial charge in [-0.3, -0.25) is 4.79 Å². The Labute approximate surface area is 126 Å².